The Bertz CT molecular complexity index is 1020. The third kappa shape index (κ3) is 3.20. The summed E-state index contributed by atoms with van der Waals surface area (Å²) in [6.45, 7) is 0.368. The van der Waals surface area contributed by atoms with E-state index in [-0.39, 0.29) is 11.9 Å². The molecule has 0 saturated carbocycles. The fraction of sp³-hybridized carbons (Fsp3) is 0.100. The lowest BCUT2D eigenvalue weighted by Gasteiger charge is -2.24. The lowest BCUT2D eigenvalue weighted by Crippen LogP contribution is -2.39. The van der Waals surface area contributed by atoms with E-state index in [1.54, 1.807) is 36.5 Å². The number of nitrogens with one attached hydrogen (secondary N) is 1. The minimum Gasteiger partial charge on any atom is -0.350 e. The van der Waals surface area contributed by atoms with E-state index in [0.29, 0.717) is 28.0 Å². The second-order valence-corrected chi connectivity index (χ2v) is 7.00. The average molecular weight is 400 g/mol. The van der Waals surface area contributed by atoms with Gasteiger partial charge in [0.1, 0.15) is 0 Å². The molecule has 0 radical (unpaired) electrons. The lowest BCUT2D eigenvalue weighted by atomic mass is 10.1. The van der Waals surface area contributed by atoms with Crippen molar-refractivity contribution in [3.8, 4) is 0 Å². The molecule has 2 heterocycles. The van der Waals surface area contributed by atoms with E-state index < -0.39 is 6.04 Å². The zero-order chi connectivity index (χ0) is 19.0. The van der Waals surface area contributed by atoms with Crippen LogP contribution in [0.1, 0.15) is 17.3 Å². The molecule has 2 amide bonds. The minimum atomic E-state index is -0.810. The number of halogens is 2. The molecule has 3 aromatic rings. The van der Waals surface area contributed by atoms with Crippen LogP contribution in [0.15, 0.2) is 66.9 Å². The van der Waals surface area contributed by atoms with Crippen LogP contribution in [0.5, 0.6) is 0 Å². The van der Waals surface area contributed by atoms with Gasteiger partial charge in [0.15, 0.2) is 6.04 Å². The molecule has 0 fully saturated rings. The summed E-state index contributed by atoms with van der Waals surface area (Å²) in [6.07, 6.45) is 1.64. The molecule has 0 bridgehead atoms. The van der Waals surface area contributed by atoms with Crippen molar-refractivity contribution in [3.63, 3.8) is 0 Å². The van der Waals surface area contributed by atoms with Crippen molar-refractivity contribution in [1.82, 2.24) is 9.88 Å². The van der Waals surface area contributed by atoms with E-state index in [4.69, 9.17) is 23.2 Å². The largest absolute Gasteiger partial charge is 0.350 e. The van der Waals surface area contributed by atoms with Gasteiger partial charge in [0, 0.05) is 17.8 Å². The molecular weight excluding hydrogens is 385 g/mol. The van der Waals surface area contributed by atoms with Gasteiger partial charge in [-0.15, -0.1) is 0 Å². The molecule has 0 saturated heterocycles. The van der Waals surface area contributed by atoms with Gasteiger partial charge >= 0.3 is 6.03 Å². The maximum Gasteiger partial charge on any atom is 0.334 e. The van der Waals surface area contributed by atoms with Crippen molar-refractivity contribution < 1.29 is 9.59 Å². The highest BCUT2D eigenvalue weighted by molar-refractivity contribution is 6.37. The molecule has 1 aliphatic heterocycles. The van der Waals surface area contributed by atoms with Gasteiger partial charge in [-0.05, 0) is 35.9 Å². The van der Waals surface area contributed by atoms with Crippen molar-refractivity contribution in [3.05, 3.63) is 88.2 Å². The molecule has 27 heavy (non-hydrogen) atoms. The van der Waals surface area contributed by atoms with Gasteiger partial charge in [-0.25, -0.2) is 4.79 Å². The topological polar surface area (TPSA) is 54.3 Å². The van der Waals surface area contributed by atoms with Crippen LogP contribution in [-0.4, -0.2) is 16.5 Å². The number of rotatable bonds is 4. The maximum absolute atomic E-state index is 13.0. The van der Waals surface area contributed by atoms with Crippen LogP contribution in [0.3, 0.4) is 0 Å². The predicted molar refractivity (Wildman–Crippen MR) is 105 cm³/mol. The molecule has 1 aliphatic rings. The monoisotopic (exact) mass is 399 g/mol. The molecule has 0 aliphatic carbocycles. The van der Waals surface area contributed by atoms with Crippen molar-refractivity contribution in [2.24, 2.45) is 0 Å². The van der Waals surface area contributed by atoms with E-state index in [0.717, 1.165) is 5.56 Å². The van der Waals surface area contributed by atoms with E-state index in [1.807, 2.05) is 30.3 Å². The Kier molecular flexibility index (Phi) is 4.64. The fourth-order valence-electron chi connectivity index (χ4n) is 3.20. The zero-order valence-electron chi connectivity index (χ0n) is 14.1. The molecule has 0 spiro atoms. The second-order valence-electron chi connectivity index (χ2n) is 6.16. The Morgan fingerprint density at radius 3 is 2.56 bits per heavy atom. The Labute approximate surface area is 166 Å². The number of benzene rings is 2. The first-order valence-corrected chi connectivity index (χ1v) is 9.09. The smallest absolute Gasteiger partial charge is 0.334 e. The van der Waals surface area contributed by atoms with Gasteiger partial charge in [-0.1, -0.05) is 53.5 Å². The van der Waals surface area contributed by atoms with Crippen LogP contribution in [0.4, 0.5) is 10.5 Å². The summed E-state index contributed by atoms with van der Waals surface area (Å²) in [7, 11) is 0. The second kappa shape index (κ2) is 7.10. The average Bonchev–Trinajstić information content (AvgIpc) is 3.23. The first-order chi connectivity index (χ1) is 13.1. The van der Waals surface area contributed by atoms with Crippen LogP contribution >= 0.6 is 23.2 Å². The molecule has 2 aromatic carbocycles. The Hall–Kier alpha value is -2.76. The SMILES string of the molecule is O=C(NCc1ccccc1)C1c2cccn2C(=O)N1c1ccc(Cl)cc1Cl. The number of hydrogen-bond acceptors (Lipinski definition) is 2. The highest BCUT2D eigenvalue weighted by atomic mass is 35.5. The third-order valence-electron chi connectivity index (χ3n) is 4.46. The van der Waals surface area contributed by atoms with Crippen LogP contribution in [-0.2, 0) is 11.3 Å². The van der Waals surface area contributed by atoms with Crippen molar-refractivity contribution >= 4 is 40.8 Å². The quantitative estimate of drug-likeness (QED) is 0.694. The van der Waals surface area contributed by atoms with Gasteiger partial charge in [-0.3, -0.25) is 14.3 Å². The lowest BCUT2D eigenvalue weighted by molar-refractivity contribution is -0.122. The van der Waals surface area contributed by atoms with Gasteiger partial charge in [0.25, 0.3) is 0 Å². The van der Waals surface area contributed by atoms with Crippen molar-refractivity contribution in [2.45, 2.75) is 12.6 Å². The van der Waals surface area contributed by atoms with Gasteiger partial charge < -0.3 is 5.32 Å². The molecule has 136 valence electrons. The Morgan fingerprint density at radius 2 is 1.81 bits per heavy atom. The predicted octanol–water partition coefficient (Wildman–Crippen LogP) is 4.64. The van der Waals surface area contributed by atoms with Crippen LogP contribution < -0.4 is 10.2 Å². The Morgan fingerprint density at radius 1 is 1.04 bits per heavy atom. The van der Waals surface area contributed by atoms with Crippen LogP contribution in [0.25, 0.3) is 0 Å². The van der Waals surface area contributed by atoms with Gasteiger partial charge in [0.05, 0.1) is 16.4 Å². The Balaban J connectivity index is 1.67. The number of amides is 2. The van der Waals surface area contributed by atoms with Gasteiger partial charge in [-0.2, -0.15) is 0 Å². The highest BCUT2D eigenvalue weighted by Gasteiger charge is 2.42. The number of nitrogens with zero attached hydrogens (tertiary/aromatic N) is 2. The molecule has 1 aromatic heterocycles. The molecule has 4 rings (SSSR count). The molecule has 7 heteroatoms. The minimum absolute atomic E-state index is 0.282. The number of carbonyl (C=O) groups excluding carboxylic acids is 2. The first-order valence-electron chi connectivity index (χ1n) is 8.34. The number of anilines is 1. The maximum atomic E-state index is 13.0. The summed E-state index contributed by atoms with van der Waals surface area (Å²) in [6, 6.07) is 16.8. The summed E-state index contributed by atoms with van der Waals surface area (Å²) >= 11 is 12.3. The fourth-order valence-corrected chi connectivity index (χ4v) is 3.70. The van der Waals surface area contributed by atoms with Crippen molar-refractivity contribution in [1.29, 1.82) is 0 Å². The third-order valence-corrected chi connectivity index (χ3v) is 5.00. The molecule has 5 nitrogen and oxygen atoms in total. The summed E-state index contributed by atoms with van der Waals surface area (Å²) < 4.78 is 1.46. The van der Waals surface area contributed by atoms with E-state index in [9.17, 15) is 9.59 Å². The molecular formula is C20H15Cl2N3O2. The molecule has 1 N–H and O–H groups in total. The number of carbonyl (C=O) groups is 2. The summed E-state index contributed by atoms with van der Waals surface area (Å²) in [4.78, 5) is 27.3. The summed E-state index contributed by atoms with van der Waals surface area (Å²) in [5.74, 6) is -0.282. The van der Waals surface area contributed by atoms with Crippen LogP contribution in [0.2, 0.25) is 10.0 Å². The standard InChI is InChI=1S/C20H15Cl2N3O2/c21-14-8-9-16(15(22)11-14)25-18(17-7-4-10-24(17)20(25)27)19(26)23-12-13-5-2-1-3-6-13/h1-11,18H,12H2,(H,23,26). The van der Waals surface area contributed by atoms with Crippen molar-refractivity contribution in [2.75, 3.05) is 4.90 Å². The molecule has 1 unspecified atom stereocenters. The van der Waals surface area contributed by atoms with Crippen LogP contribution in [0, 0.1) is 0 Å². The molecule has 1 atom stereocenters. The van der Waals surface area contributed by atoms with Gasteiger partial charge in [0.2, 0.25) is 5.91 Å². The summed E-state index contributed by atoms with van der Waals surface area (Å²) in [5.41, 5.74) is 2.01. The first kappa shape index (κ1) is 17.6. The highest BCUT2D eigenvalue weighted by Crippen LogP contribution is 2.39. The number of fused-ring (bicyclic) bond motifs is 1. The normalized spacial score (nSPS) is 15.7. The zero-order valence-corrected chi connectivity index (χ0v) is 15.6. The number of aromatic nitrogens is 1. The number of hydrogen-bond donors (Lipinski definition) is 1. The summed E-state index contributed by atoms with van der Waals surface area (Å²) in [5, 5.41) is 3.67. The van der Waals surface area contributed by atoms with E-state index >= 15 is 0 Å². The van der Waals surface area contributed by atoms with E-state index in [1.165, 1.54) is 9.47 Å². The van der Waals surface area contributed by atoms with E-state index in [2.05, 4.69) is 5.32 Å².